The van der Waals surface area contributed by atoms with E-state index in [2.05, 4.69) is 96.2 Å². The van der Waals surface area contributed by atoms with Crippen molar-refractivity contribution in [3.8, 4) is 23.2 Å². The Kier molecular flexibility index (Phi) is 7.34. The molecule has 0 unspecified atom stereocenters. The van der Waals surface area contributed by atoms with Crippen molar-refractivity contribution in [3.05, 3.63) is 65.5 Å². The lowest BCUT2D eigenvalue weighted by atomic mass is 9.87. The molecule has 2 heterocycles. The molecule has 184 valence electrons. The molecule has 4 rings (SSSR count). The summed E-state index contributed by atoms with van der Waals surface area (Å²) in [5.74, 6) is 2.04. The second kappa shape index (κ2) is 10.4. The van der Waals surface area contributed by atoms with Gasteiger partial charge in [-0.2, -0.15) is 0 Å². The van der Waals surface area contributed by atoms with Gasteiger partial charge in [0.25, 0.3) is 5.89 Å². The third-order valence-electron chi connectivity index (χ3n) is 6.07. The summed E-state index contributed by atoms with van der Waals surface area (Å²) in [5, 5.41) is 13.1. The van der Waals surface area contributed by atoms with Crippen LogP contribution in [0.15, 0.2) is 52.9 Å². The first kappa shape index (κ1) is 24.6. The van der Waals surface area contributed by atoms with Crippen molar-refractivity contribution in [1.82, 2.24) is 25.0 Å². The molecule has 2 aromatic heterocycles. The third kappa shape index (κ3) is 5.78. The predicted molar refractivity (Wildman–Crippen MR) is 141 cm³/mol. The number of benzene rings is 2. The van der Waals surface area contributed by atoms with E-state index >= 15 is 0 Å². The molecule has 0 atom stereocenters. The normalized spacial score (nSPS) is 11.7. The fourth-order valence-electron chi connectivity index (χ4n) is 4.14. The van der Waals surface area contributed by atoms with Gasteiger partial charge in [0.2, 0.25) is 11.7 Å². The minimum Gasteiger partial charge on any atom is -0.413 e. The van der Waals surface area contributed by atoms with Crippen LogP contribution in [0.5, 0.6) is 0 Å². The first-order chi connectivity index (χ1) is 16.8. The number of rotatable bonds is 9. The molecule has 0 aliphatic carbocycles. The van der Waals surface area contributed by atoms with Crippen LogP contribution in [0.3, 0.4) is 0 Å². The van der Waals surface area contributed by atoms with E-state index < -0.39 is 0 Å². The van der Waals surface area contributed by atoms with Crippen LogP contribution in [0.1, 0.15) is 64.4 Å². The van der Waals surface area contributed by atoms with Crippen LogP contribution in [0.2, 0.25) is 0 Å². The highest BCUT2D eigenvalue weighted by atomic mass is 16.4. The lowest BCUT2D eigenvalue weighted by Crippen LogP contribution is -2.24. The van der Waals surface area contributed by atoms with Crippen molar-refractivity contribution in [2.75, 3.05) is 18.0 Å². The molecule has 0 radical (unpaired) electrons. The molecule has 7 heteroatoms. The summed E-state index contributed by atoms with van der Waals surface area (Å²) >= 11 is 0. The maximum absolute atomic E-state index is 5.94. The van der Waals surface area contributed by atoms with Crippen molar-refractivity contribution < 1.29 is 4.42 Å². The molecule has 0 saturated carbocycles. The maximum Gasteiger partial charge on any atom is 0.287 e. The van der Waals surface area contributed by atoms with Gasteiger partial charge >= 0.3 is 0 Å². The van der Waals surface area contributed by atoms with Crippen LogP contribution in [0.25, 0.3) is 23.2 Å². The minimum atomic E-state index is 0.0939. The highest BCUT2D eigenvalue weighted by Crippen LogP contribution is 2.27. The second-order valence-electron chi connectivity index (χ2n) is 10.0. The molecule has 7 nitrogen and oxygen atoms in total. The Balaban J connectivity index is 1.52. The molecule has 0 amide bonds. The molecule has 0 spiro atoms. The highest BCUT2D eigenvalue weighted by Gasteiger charge is 2.18. The van der Waals surface area contributed by atoms with Crippen LogP contribution < -0.4 is 4.90 Å². The highest BCUT2D eigenvalue weighted by molar-refractivity contribution is 5.55. The van der Waals surface area contributed by atoms with Crippen LogP contribution in [0.4, 0.5) is 5.69 Å². The number of anilines is 1. The first-order valence-electron chi connectivity index (χ1n) is 12.5. The van der Waals surface area contributed by atoms with E-state index in [9.17, 15) is 0 Å². The monoisotopic (exact) mass is 472 g/mol. The summed E-state index contributed by atoms with van der Waals surface area (Å²) in [5.41, 5.74) is 4.67. The molecular weight excluding hydrogens is 436 g/mol. The Labute approximate surface area is 208 Å². The number of aryl methyl sites for hydroxylation is 1. The topological polar surface area (TPSA) is 72.9 Å². The average molecular weight is 473 g/mol. The molecule has 0 saturated heterocycles. The molecule has 2 aromatic carbocycles. The third-order valence-corrected chi connectivity index (χ3v) is 6.07. The Bertz CT molecular complexity index is 1240. The molecule has 0 bridgehead atoms. The van der Waals surface area contributed by atoms with Crippen LogP contribution in [0, 0.1) is 6.92 Å². The van der Waals surface area contributed by atoms with Crippen molar-refractivity contribution in [1.29, 1.82) is 0 Å². The van der Waals surface area contributed by atoms with Crippen LogP contribution in [-0.2, 0) is 12.0 Å². The van der Waals surface area contributed by atoms with E-state index in [0.717, 1.165) is 37.3 Å². The molecule has 0 fully saturated rings. The first-order valence-corrected chi connectivity index (χ1v) is 12.5. The van der Waals surface area contributed by atoms with Gasteiger partial charge < -0.3 is 9.32 Å². The van der Waals surface area contributed by atoms with Gasteiger partial charge in [-0.05, 0) is 60.6 Å². The van der Waals surface area contributed by atoms with Crippen molar-refractivity contribution in [3.63, 3.8) is 0 Å². The minimum absolute atomic E-state index is 0.0939. The predicted octanol–water partition coefficient (Wildman–Crippen LogP) is 6.28. The van der Waals surface area contributed by atoms with Gasteiger partial charge in [0, 0.05) is 24.3 Å². The van der Waals surface area contributed by atoms with Crippen molar-refractivity contribution in [2.45, 2.75) is 66.3 Å². The molecule has 35 heavy (non-hydrogen) atoms. The SMILES string of the molecule is CCCN(CCC)c1cccc(Cn2nc(-c3nnc(-c4ccc(C(C)(C)C)cc4)o3)nc2C)c1. The van der Waals surface area contributed by atoms with E-state index in [1.54, 1.807) is 0 Å². The lowest BCUT2D eigenvalue weighted by molar-refractivity contribution is 0.575. The summed E-state index contributed by atoms with van der Waals surface area (Å²) in [6, 6.07) is 16.9. The number of nitrogens with zero attached hydrogens (tertiary/aromatic N) is 6. The molecule has 0 aliphatic rings. The Morgan fingerprint density at radius 2 is 1.60 bits per heavy atom. The van der Waals surface area contributed by atoms with Gasteiger partial charge in [-0.3, -0.25) is 0 Å². The fraction of sp³-hybridized carbons (Fsp3) is 0.429. The summed E-state index contributed by atoms with van der Waals surface area (Å²) in [4.78, 5) is 7.03. The standard InChI is InChI=1S/C28H36N6O/c1-7-16-33(17-8-2)24-11-9-10-21(18-24)19-34-20(3)29-25(32-34)27-31-30-26(35-27)22-12-14-23(15-13-22)28(4,5)6/h9-15,18H,7-8,16-17,19H2,1-6H3. The summed E-state index contributed by atoms with van der Waals surface area (Å²) in [7, 11) is 0. The van der Waals surface area contributed by atoms with E-state index in [-0.39, 0.29) is 5.41 Å². The van der Waals surface area contributed by atoms with Gasteiger partial charge in [-0.15, -0.1) is 15.3 Å². The zero-order valence-electron chi connectivity index (χ0n) is 21.7. The zero-order chi connectivity index (χ0) is 25.0. The molecule has 4 aromatic rings. The average Bonchev–Trinajstić information content (AvgIpc) is 3.46. The maximum atomic E-state index is 5.94. The van der Waals surface area contributed by atoms with Gasteiger partial charge in [0.1, 0.15) is 5.82 Å². The lowest BCUT2D eigenvalue weighted by Gasteiger charge is -2.24. The zero-order valence-corrected chi connectivity index (χ0v) is 21.7. The van der Waals surface area contributed by atoms with E-state index in [1.165, 1.54) is 16.8 Å². The number of hydrogen-bond acceptors (Lipinski definition) is 6. The summed E-state index contributed by atoms with van der Waals surface area (Å²) < 4.78 is 7.83. The van der Waals surface area contributed by atoms with E-state index in [1.807, 2.05) is 23.7 Å². The number of aromatic nitrogens is 5. The molecular formula is C28H36N6O. The quantitative estimate of drug-likeness (QED) is 0.286. The van der Waals surface area contributed by atoms with Gasteiger partial charge in [0.05, 0.1) is 6.54 Å². The fourth-order valence-corrected chi connectivity index (χ4v) is 4.14. The Morgan fingerprint density at radius 1 is 0.914 bits per heavy atom. The number of hydrogen-bond donors (Lipinski definition) is 0. The summed E-state index contributed by atoms with van der Waals surface area (Å²) in [6.07, 6.45) is 2.26. The largest absolute Gasteiger partial charge is 0.413 e. The van der Waals surface area contributed by atoms with Gasteiger partial charge in [-0.1, -0.05) is 58.9 Å². The van der Waals surface area contributed by atoms with Crippen LogP contribution in [-0.4, -0.2) is 38.1 Å². The van der Waals surface area contributed by atoms with Crippen molar-refractivity contribution in [2.24, 2.45) is 0 Å². The van der Waals surface area contributed by atoms with Crippen molar-refractivity contribution >= 4 is 5.69 Å². The molecule has 0 aliphatic heterocycles. The second-order valence-corrected chi connectivity index (χ2v) is 10.0. The van der Waals surface area contributed by atoms with E-state index in [4.69, 9.17) is 4.42 Å². The molecule has 0 N–H and O–H groups in total. The summed E-state index contributed by atoms with van der Waals surface area (Å²) in [6.45, 7) is 15.7. The van der Waals surface area contributed by atoms with Gasteiger partial charge in [-0.25, -0.2) is 9.67 Å². The van der Waals surface area contributed by atoms with E-state index in [0.29, 0.717) is 24.2 Å². The smallest absolute Gasteiger partial charge is 0.287 e. The van der Waals surface area contributed by atoms with Crippen LogP contribution >= 0.6 is 0 Å². The Morgan fingerprint density at radius 3 is 2.26 bits per heavy atom. The Hall–Kier alpha value is -3.48. The van der Waals surface area contributed by atoms with Gasteiger partial charge in [0.15, 0.2) is 0 Å².